The Kier molecular flexibility index (Phi) is 3.83. The summed E-state index contributed by atoms with van der Waals surface area (Å²) in [5, 5.41) is 3.47. The zero-order valence-corrected chi connectivity index (χ0v) is 10.1. The second-order valence-electron chi connectivity index (χ2n) is 4.95. The highest BCUT2D eigenvalue weighted by molar-refractivity contribution is 5.48. The van der Waals surface area contributed by atoms with Crippen LogP contribution in [0.1, 0.15) is 30.4 Å². The third kappa shape index (κ3) is 2.99. The normalized spacial score (nSPS) is 20.9. The van der Waals surface area contributed by atoms with Gasteiger partial charge in [-0.15, -0.1) is 0 Å². The van der Waals surface area contributed by atoms with Crippen LogP contribution in [-0.4, -0.2) is 13.1 Å². The summed E-state index contributed by atoms with van der Waals surface area (Å²) >= 11 is 0. The Morgan fingerprint density at radius 1 is 1.44 bits per heavy atom. The van der Waals surface area contributed by atoms with E-state index in [0.717, 1.165) is 18.0 Å². The predicted molar refractivity (Wildman–Crippen MR) is 69.5 cm³/mol. The molecule has 0 aliphatic carbocycles. The molecular formula is C14H22N2. The van der Waals surface area contributed by atoms with Gasteiger partial charge in [-0.3, -0.25) is 0 Å². The fourth-order valence-corrected chi connectivity index (χ4v) is 2.48. The van der Waals surface area contributed by atoms with Crippen LogP contribution in [0.25, 0.3) is 0 Å². The molecule has 1 atom stereocenters. The van der Waals surface area contributed by atoms with Crippen molar-refractivity contribution in [3.8, 4) is 0 Å². The number of aryl methyl sites for hydroxylation is 2. The van der Waals surface area contributed by atoms with Gasteiger partial charge in [0.1, 0.15) is 0 Å². The van der Waals surface area contributed by atoms with Crippen molar-refractivity contribution in [3.63, 3.8) is 0 Å². The maximum atomic E-state index is 5.99. The SMILES string of the molecule is Cc1ccc(N)c(CCC2CCCNC2)c1. The lowest BCUT2D eigenvalue weighted by atomic mass is 9.92. The zero-order valence-electron chi connectivity index (χ0n) is 10.1. The van der Waals surface area contributed by atoms with E-state index in [2.05, 4.69) is 24.4 Å². The van der Waals surface area contributed by atoms with E-state index in [1.54, 1.807) is 0 Å². The van der Waals surface area contributed by atoms with Gasteiger partial charge in [0.05, 0.1) is 0 Å². The van der Waals surface area contributed by atoms with E-state index >= 15 is 0 Å². The van der Waals surface area contributed by atoms with Crippen LogP contribution in [0.5, 0.6) is 0 Å². The third-order valence-electron chi connectivity index (χ3n) is 3.52. The molecule has 1 aromatic carbocycles. The highest BCUT2D eigenvalue weighted by atomic mass is 14.9. The van der Waals surface area contributed by atoms with Gasteiger partial charge in [-0.1, -0.05) is 17.7 Å². The summed E-state index contributed by atoms with van der Waals surface area (Å²) in [4.78, 5) is 0. The number of nitrogens with one attached hydrogen (secondary N) is 1. The van der Waals surface area contributed by atoms with Crippen LogP contribution in [0.15, 0.2) is 18.2 Å². The molecule has 2 rings (SSSR count). The molecule has 0 amide bonds. The smallest absolute Gasteiger partial charge is 0.0346 e. The van der Waals surface area contributed by atoms with E-state index in [4.69, 9.17) is 5.73 Å². The van der Waals surface area contributed by atoms with Gasteiger partial charge in [0.2, 0.25) is 0 Å². The van der Waals surface area contributed by atoms with E-state index in [0.29, 0.717) is 0 Å². The molecule has 88 valence electrons. The van der Waals surface area contributed by atoms with Gasteiger partial charge in [0.15, 0.2) is 0 Å². The number of hydrogen-bond donors (Lipinski definition) is 2. The maximum absolute atomic E-state index is 5.99. The summed E-state index contributed by atoms with van der Waals surface area (Å²) in [7, 11) is 0. The molecule has 1 fully saturated rings. The largest absolute Gasteiger partial charge is 0.399 e. The molecule has 1 unspecified atom stereocenters. The van der Waals surface area contributed by atoms with Crippen molar-refractivity contribution in [2.75, 3.05) is 18.8 Å². The Labute approximate surface area is 98.2 Å². The van der Waals surface area contributed by atoms with Gasteiger partial charge >= 0.3 is 0 Å². The van der Waals surface area contributed by atoms with Crippen LogP contribution >= 0.6 is 0 Å². The number of nitrogen functional groups attached to an aromatic ring is 1. The zero-order chi connectivity index (χ0) is 11.4. The van der Waals surface area contributed by atoms with E-state index in [1.807, 2.05) is 6.07 Å². The second-order valence-corrected chi connectivity index (χ2v) is 4.95. The summed E-state index contributed by atoms with van der Waals surface area (Å²) < 4.78 is 0. The van der Waals surface area contributed by atoms with E-state index in [1.165, 1.54) is 43.5 Å². The minimum Gasteiger partial charge on any atom is -0.399 e. The lowest BCUT2D eigenvalue weighted by Gasteiger charge is -2.22. The van der Waals surface area contributed by atoms with Crippen LogP contribution in [0.4, 0.5) is 5.69 Å². The van der Waals surface area contributed by atoms with Crippen molar-refractivity contribution in [2.45, 2.75) is 32.6 Å². The van der Waals surface area contributed by atoms with E-state index in [-0.39, 0.29) is 0 Å². The first kappa shape index (κ1) is 11.5. The van der Waals surface area contributed by atoms with Crippen molar-refractivity contribution >= 4 is 5.69 Å². The minimum atomic E-state index is 0.841. The summed E-state index contributed by atoms with van der Waals surface area (Å²) in [5.41, 5.74) is 9.58. The monoisotopic (exact) mass is 218 g/mol. The lowest BCUT2D eigenvalue weighted by Crippen LogP contribution is -2.29. The number of hydrogen-bond acceptors (Lipinski definition) is 2. The highest BCUT2D eigenvalue weighted by Crippen LogP contribution is 2.21. The molecule has 0 saturated carbocycles. The number of nitrogens with two attached hydrogens (primary N) is 1. The summed E-state index contributed by atoms with van der Waals surface area (Å²) in [6, 6.07) is 6.34. The molecule has 3 N–H and O–H groups in total. The Bertz CT molecular complexity index is 341. The third-order valence-corrected chi connectivity index (χ3v) is 3.52. The number of benzene rings is 1. The number of anilines is 1. The van der Waals surface area contributed by atoms with Crippen molar-refractivity contribution in [1.29, 1.82) is 0 Å². The van der Waals surface area contributed by atoms with E-state index in [9.17, 15) is 0 Å². The van der Waals surface area contributed by atoms with Crippen molar-refractivity contribution in [3.05, 3.63) is 29.3 Å². The molecule has 1 saturated heterocycles. The molecule has 1 heterocycles. The van der Waals surface area contributed by atoms with Gasteiger partial charge in [-0.25, -0.2) is 0 Å². The Hall–Kier alpha value is -1.02. The maximum Gasteiger partial charge on any atom is 0.0346 e. The average Bonchev–Trinajstić information content (AvgIpc) is 2.32. The molecule has 2 nitrogen and oxygen atoms in total. The fourth-order valence-electron chi connectivity index (χ4n) is 2.48. The minimum absolute atomic E-state index is 0.841. The Morgan fingerprint density at radius 3 is 3.06 bits per heavy atom. The molecular weight excluding hydrogens is 196 g/mol. The standard InChI is InChI=1S/C14H22N2/c1-11-4-7-14(15)13(9-11)6-5-12-3-2-8-16-10-12/h4,7,9,12,16H,2-3,5-6,8,10,15H2,1H3. The summed E-state index contributed by atoms with van der Waals surface area (Å²) in [6.45, 7) is 4.51. The van der Waals surface area contributed by atoms with E-state index < -0.39 is 0 Å². The van der Waals surface area contributed by atoms with Crippen LogP contribution in [0.3, 0.4) is 0 Å². The molecule has 1 aliphatic heterocycles. The molecule has 0 bridgehead atoms. The fraction of sp³-hybridized carbons (Fsp3) is 0.571. The van der Waals surface area contributed by atoms with Crippen LogP contribution < -0.4 is 11.1 Å². The summed E-state index contributed by atoms with van der Waals surface area (Å²) in [6.07, 6.45) is 5.09. The topological polar surface area (TPSA) is 38.0 Å². The number of rotatable bonds is 3. The van der Waals surface area contributed by atoms with Gasteiger partial charge < -0.3 is 11.1 Å². The van der Waals surface area contributed by atoms with Crippen molar-refractivity contribution in [2.24, 2.45) is 5.92 Å². The van der Waals surface area contributed by atoms with Gasteiger partial charge in [-0.2, -0.15) is 0 Å². The molecule has 1 aliphatic rings. The predicted octanol–water partition coefficient (Wildman–Crippen LogP) is 2.51. The first-order valence-corrected chi connectivity index (χ1v) is 6.31. The van der Waals surface area contributed by atoms with Crippen LogP contribution in [-0.2, 0) is 6.42 Å². The van der Waals surface area contributed by atoms with Crippen LogP contribution in [0.2, 0.25) is 0 Å². The second kappa shape index (κ2) is 5.35. The quantitative estimate of drug-likeness (QED) is 0.765. The summed E-state index contributed by atoms with van der Waals surface area (Å²) in [5.74, 6) is 0.841. The van der Waals surface area contributed by atoms with Crippen molar-refractivity contribution in [1.82, 2.24) is 5.32 Å². The Balaban J connectivity index is 1.90. The highest BCUT2D eigenvalue weighted by Gasteiger charge is 2.13. The molecule has 0 aromatic heterocycles. The molecule has 2 heteroatoms. The molecule has 1 aromatic rings. The van der Waals surface area contributed by atoms with Crippen LogP contribution in [0, 0.1) is 12.8 Å². The first-order chi connectivity index (χ1) is 7.75. The van der Waals surface area contributed by atoms with Gasteiger partial charge in [0, 0.05) is 5.69 Å². The van der Waals surface area contributed by atoms with Gasteiger partial charge in [-0.05, 0) is 63.2 Å². The molecule has 0 radical (unpaired) electrons. The molecule has 0 spiro atoms. The molecule has 16 heavy (non-hydrogen) atoms. The lowest BCUT2D eigenvalue weighted by molar-refractivity contribution is 0.358. The Morgan fingerprint density at radius 2 is 2.31 bits per heavy atom. The van der Waals surface area contributed by atoms with Crippen molar-refractivity contribution < 1.29 is 0 Å². The first-order valence-electron chi connectivity index (χ1n) is 6.31. The van der Waals surface area contributed by atoms with Gasteiger partial charge in [0.25, 0.3) is 0 Å². The number of piperidine rings is 1. The average molecular weight is 218 g/mol.